The minimum absolute atomic E-state index is 0. The van der Waals surface area contributed by atoms with Crippen molar-refractivity contribution in [3.05, 3.63) is 41.7 Å². The van der Waals surface area contributed by atoms with Gasteiger partial charge < -0.3 is 10.2 Å². The minimum Gasteiger partial charge on any atom is -0.351 e. The number of anilines is 1. The summed E-state index contributed by atoms with van der Waals surface area (Å²) < 4.78 is 26.9. The van der Waals surface area contributed by atoms with Gasteiger partial charge in [0.2, 0.25) is 5.95 Å². The number of hydrogen-bond donors (Lipinski definition) is 1. The van der Waals surface area contributed by atoms with E-state index in [-0.39, 0.29) is 12.4 Å². The molecule has 130 valence electrons. The summed E-state index contributed by atoms with van der Waals surface area (Å²) in [6.45, 7) is 1.80. The zero-order chi connectivity index (χ0) is 16.6. The zero-order valence-corrected chi connectivity index (χ0v) is 14.7. The van der Waals surface area contributed by atoms with Gasteiger partial charge in [-0.15, -0.1) is 12.4 Å². The first kappa shape index (κ1) is 18.5. The zero-order valence-electron chi connectivity index (χ0n) is 13.9. The first-order chi connectivity index (χ1) is 10.9. The molecular formula is C17H21ClF2N4. The maximum absolute atomic E-state index is 13.9. The van der Waals surface area contributed by atoms with Gasteiger partial charge in [0, 0.05) is 35.5 Å². The van der Waals surface area contributed by atoms with E-state index in [1.165, 1.54) is 12.1 Å². The van der Waals surface area contributed by atoms with Gasteiger partial charge in [-0.2, -0.15) is 0 Å². The molecule has 0 amide bonds. The van der Waals surface area contributed by atoms with Crippen molar-refractivity contribution in [2.45, 2.75) is 31.8 Å². The Kier molecular flexibility index (Phi) is 5.72. The third kappa shape index (κ3) is 3.82. The van der Waals surface area contributed by atoms with Crippen LogP contribution in [-0.2, 0) is 0 Å². The van der Waals surface area contributed by atoms with Crippen LogP contribution in [0.2, 0.25) is 0 Å². The van der Waals surface area contributed by atoms with Crippen LogP contribution in [0.1, 0.15) is 18.5 Å². The Labute approximate surface area is 146 Å². The molecule has 1 fully saturated rings. The largest absolute Gasteiger partial charge is 0.351 e. The van der Waals surface area contributed by atoms with Gasteiger partial charge in [0.25, 0.3) is 0 Å². The second kappa shape index (κ2) is 7.40. The van der Waals surface area contributed by atoms with E-state index >= 15 is 0 Å². The number of aryl methyl sites for hydroxylation is 1. The summed E-state index contributed by atoms with van der Waals surface area (Å²) in [5.74, 6) is -0.648. The van der Waals surface area contributed by atoms with Gasteiger partial charge in [-0.25, -0.2) is 18.7 Å². The molecule has 0 saturated heterocycles. The van der Waals surface area contributed by atoms with Crippen LogP contribution in [0.5, 0.6) is 0 Å². The number of aromatic nitrogens is 2. The molecule has 0 bridgehead atoms. The first-order valence-corrected chi connectivity index (χ1v) is 7.66. The fraction of sp³-hybridized carbons (Fsp3) is 0.412. The maximum Gasteiger partial charge on any atom is 0.223 e. The number of nitrogens with one attached hydrogen (secondary N) is 1. The Bertz CT molecular complexity index is 718. The van der Waals surface area contributed by atoms with Crippen LogP contribution in [-0.4, -0.2) is 41.0 Å². The van der Waals surface area contributed by atoms with Crippen molar-refractivity contribution in [3.63, 3.8) is 0 Å². The van der Waals surface area contributed by atoms with E-state index in [1.54, 1.807) is 13.1 Å². The Morgan fingerprint density at radius 1 is 1.17 bits per heavy atom. The average Bonchev–Trinajstić information content (AvgIpc) is 2.43. The Morgan fingerprint density at radius 2 is 1.88 bits per heavy atom. The maximum atomic E-state index is 13.9. The molecule has 3 rings (SSSR count). The second-order valence-electron chi connectivity index (χ2n) is 6.25. The second-order valence-corrected chi connectivity index (χ2v) is 6.25. The number of benzene rings is 1. The Morgan fingerprint density at radius 3 is 2.46 bits per heavy atom. The predicted octanol–water partition coefficient (Wildman–Crippen LogP) is 3.66. The van der Waals surface area contributed by atoms with Crippen LogP contribution in [0.25, 0.3) is 11.1 Å². The first-order valence-electron chi connectivity index (χ1n) is 7.66. The lowest BCUT2D eigenvalue weighted by Gasteiger charge is -2.39. The number of rotatable bonds is 4. The molecule has 0 atom stereocenters. The van der Waals surface area contributed by atoms with Crippen LogP contribution in [0.4, 0.5) is 14.7 Å². The van der Waals surface area contributed by atoms with Gasteiger partial charge in [0.1, 0.15) is 11.6 Å². The Hall–Kier alpha value is -1.79. The molecule has 1 aromatic carbocycles. The van der Waals surface area contributed by atoms with E-state index in [2.05, 4.69) is 34.3 Å². The number of halogens is 3. The molecule has 1 N–H and O–H groups in total. The van der Waals surface area contributed by atoms with Crippen LogP contribution < -0.4 is 5.32 Å². The highest BCUT2D eigenvalue weighted by atomic mass is 35.5. The van der Waals surface area contributed by atoms with Crippen LogP contribution >= 0.6 is 12.4 Å². The van der Waals surface area contributed by atoms with Crippen LogP contribution in [0.3, 0.4) is 0 Å². The normalized spacial score (nSPS) is 19.6. The highest BCUT2D eigenvalue weighted by Crippen LogP contribution is 2.28. The molecular weight excluding hydrogens is 334 g/mol. The molecule has 4 nitrogen and oxygen atoms in total. The molecule has 0 spiro atoms. The molecule has 0 aliphatic heterocycles. The standard InChI is InChI=1S/C17H20F2N4.ClH/c1-10-15(14-5-4-11(18)6-16(14)19)9-20-17(21-10)22-12-7-13(8-12)23(2)3;/h4-6,9,12-13H,7-8H2,1-3H3,(H,20,21,22);1H. The molecule has 1 aliphatic rings. The van der Waals surface area contributed by atoms with Crippen molar-refractivity contribution in [2.75, 3.05) is 19.4 Å². The third-order valence-corrected chi connectivity index (χ3v) is 4.38. The number of hydrogen-bond acceptors (Lipinski definition) is 4. The van der Waals surface area contributed by atoms with E-state index in [4.69, 9.17) is 0 Å². The fourth-order valence-electron chi connectivity index (χ4n) is 2.82. The van der Waals surface area contributed by atoms with Gasteiger partial charge in [0.15, 0.2) is 0 Å². The van der Waals surface area contributed by atoms with Gasteiger partial charge in [-0.1, -0.05) is 0 Å². The van der Waals surface area contributed by atoms with E-state index < -0.39 is 11.6 Å². The molecule has 24 heavy (non-hydrogen) atoms. The molecule has 2 aromatic rings. The van der Waals surface area contributed by atoms with Crippen molar-refractivity contribution in [1.29, 1.82) is 0 Å². The summed E-state index contributed by atoms with van der Waals surface area (Å²) in [6.07, 6.45) is 3.70. The van der Waals surface area contributed by atoms with E-state index in [0.717, 1.165) is 18.9 Å². The molecule has 7 heteroatoms. The van der Waals surface area contributed by atoms with Crippen molar-refractivity contribution < 1.29 is 8.78 Å². The summed E-state index contributed by atoms with van der Waals surface area (Å²) in [6, 6.07) is 4.49. The number of nitrogens with zero attached hydrogens (tertiary/aromatic N) is 3. The van der Waals surface area contributed by atoms with E-state index in [1.807, 2.05) is 0 Å². The van der Waals surface area contributed by atoms with Gasteiger partial charge in [-0.3, -0.25) is 0 Å². The predicted molar refractivity (Wildman–Crippen MR) is 93.5 cm³/mol. The summed E-state index contributed by atoms with van der Waals surface area (Å²) in [4.78, 5) is 10.9. The molecule has 1 heterocycles. The Balaban J connectivity index is 0.00000208. The van der Waals surface area contributed by atoms with Crippen LogP contribution in [0, 0.1) is 18.6 Å². The van der Waals surface area contributed by atoms with Gasteiger partial charge >= 0.3 is 0 Å². The third-order valence-electron chi connectivity index (χ3n) is 4.38. The smallest absolute Gasteiger partial charge is 0.223 e. The topological polar surface area (TPSA) is 41.1 Å². The fourth-order valence-corrected chi connectivity index (χ4v) is 2.82. The molecule has 0 radical (unpaired) electrons. The molecule has 1 saturated carbocycles. The van der Waals surface area contributed by atoms with Crippen molar-refractivity contribution in [3.8, 4) is 11.1 Å². The molecule has 1 aromatic heterocycles. The summed E-state index contributed by atoms with van der Waals surface area (Å²) in [7, 11) is 4.15. The van der Waals surface area contributed by atoms with Crippen molar-refractivity contribution in [2.24, 2.45) is 0 Å². The van der Waals surface area contributed by atoms with Gasteiger partial charge in [-0.05, 0) is 46.0 Å². The van der Waals surface area contributed by atoms with Crippen molar-refractivity contribution in [1.82, 2.24) is 14.9 Å². The lowest BCUT2D eigenvalue weighted by atomic mass is 9.86. The lowest BCUT2D eigenvalue weighted by molar-refractivity contribution is 0.177. The van der Waals surface area contributed by atoms with Gasteiger partial charge in [0.05, 0.1) is 5.69 Å². The summed E-state index contributed by atoms with van der Waals surface area (Å²) >= 11 is 0. The molecule has 1 aliphatic carbocycles. The minimum atomic E-state index is -0.606. The lowest BCUT2D eigenvalue weighted by Crippen LogP contribution is -2.47. The van der Waals surface area contributed by atoms with E-state index in [0.29, 0.717) is 34.9 Å². The quantitative estimate of drug-likeness (QED) is 0.909. The average molecular weight is 355 g/mol. The highest BCUT2D eigenvalue weighted by molar-refractivity contribution is 5.85. The van der Waals surface area contributed by atoms with E-state index in [9.17, 15) is 8.78 Å². The summed E-state index contributed by atoms with van der Waals surface area (Å²) in [5.41, 5.74) is 1.55. The summed E-state index contributed by atoms with van der Waals surface area (Å²) in [5, 5.41) is 3.30. The highest BCUT2D eigenvalue weighted by Gasteiger charge is 2.30. The molecule has 0 unspecified atom stereocenters. The van der Waals surface area contributed by atoms with Crippen molar-refractivity contribution >= 4 is 18.4 Å². The monoisotopic (exact) mass is 354 g/mol. The van der Waals surface area contributed by atoms with Crippen LogP contribution in [0.15, 0.2) is 24.4 Å². The SMILES string of the molecule is Cc1nc(NC2CC(N(C)C)C2)ncc1-c1ccc(F)cc1F.Cl.